The van der Waals surface area contributed by atoms with Crippen molar-refractivity contribution in [3.8, 4) is 17.2 Å². The molecule has 1 amide bonds. The number of benzene rings is 3. The molecule has 0 aliphatic carbocycles. The Morgan fingerprint density at radius 2 is 1.43 bits per heavy atom. The molecule has 240 valence electrons. The average molecular weight is 627 g/mol. The molecule has 0 aliphatic rings. The minimum absolute atomic E-state index is 0.0360. The maximum atomic E-state index is 13.7. The van der Waals surface area contributed by atoms with E-state index in [1.165, 1.54) is 7.11 Å². The van der Waals surface area contributed by atoms with E-state index in [0.29, 0.717) is 30.9 Å². The highest BCUT2D eigenvalue weighted by molar-refractivity contribution is 7.91. The van der Waals surface area contributed by atoms with Crippen molar-refractivity contribution in [1.29, 1.82) is 0 Å². The molecule has 0 aromatic heterocycles. The fraction of sp³-hybridized carbons (Fsp3) is 0.441. The van der Waals surface area contributed by atoms with E-state index in [1.807, 2.05) is 68.4 Å². The number of hydrogen-bond acceptors (Lipinski definition) is 8. The summed E-state index contributed by atoms with van der Waals surface area (Å²) in [5.41, 5.74) is 1.93. The Balaban J connectivity index is 1.76. The number of aliphatic hydroxyl groups is 1. The summed E-state index contributed by atoms with van der Waals surface area (Å²) < 4.78 is 42.2. The standard InChI is InChI=1S/C34H46N2O7S/c1-25(2)16-18-44(39,40)19-17-33(43-30-15-9-14-29(22-30)42-4)34(38)36-31(21-26-10-6-5-7-11-26)32(37)24-35-23-27-12-8-13-28(20-27)41-3/h5-15,20,22,25,31-33,35,37H,16-19,21,23-24H2,1-4H3,(H,36,38)/t31-,32+,33?/m0/s1. The Labute approximate surface area is 261 Å². The quantitative estimate of drug-likeness (QED) is 0.181. The maximum absolute atomic E-state index is 13.7. The van der Waals surface area contributed by atoms with E-state index >= 15 is 0 Å². The predicted octanol–water partition coefficient (Wildman–Crippen LogP) is 4.18. The van der Waals surface area contributed by atoms with E-state index in [4.69, 9.17) is 14.2 Å². The first kappa shape index (κ1) is 34.9. The number of sulfone groups is 1. The van der Waals surface area contributed by atoms with Crippen LogP contribution in [0.25, 0.3) is 0 Å². The first-order chi connectivity index (χ1) is 21.1. The number of nitrogens with one attached hydrogen (secondary N) is 2. The minimum atomic E-state index is -3.40. The van der Waals surface area contributed by atoms with Gasteiger partial charge in [0.25, 0.3) is 5.91 Å². The Morgan fingerprint density at radius 3 is 2.11 bits per heavy atom. The van der Waals surface area contributed by atoms with E-state index < -0.39 is 34.0 Å². The highest BCUT2D eigenvalue weighted by Gasteiger charge is 2.29. The number of methoxy groups -OCH3 is 2. The number of hydrogen-bond donors (Lipinski definition) is 3. The first-order valence-corrected chi connectivity index (χ1v) is 16.8. The van der Waals surface area contributed by atoms with Crippen LogP contribution in [0.1, 0.15) is 37.8 Å². The van der Waals surface area contributed by atoms with E-state index in [0.717, 1.165) is 16.9 Å². The number of ether oxygens (including phenoxy) is 3. The summed E-state index contributed by atoms with van der Waals surface area (Å²) in [6, 6.07) is 23.4. The van der Waals surface area contributed by atoms with Gasteiger partial charge in [0.15, 0.2) is 6.10 Å². The molecule has 0 spiro atoms. The molecule has 44 heavy (non-hydrogen) atoms. The van der Waals surface area contributed by atoms with Crippen molar-refractivity contribution in [2.75, 3.05) is 32.3 Å². The van der Waals surface area contributed by atoms with Crippen LogP contribution in [0.2, 0.25) is 0 Å². The molecule has 1 unspecified atom stereocenters. The van der Waals surface area contributed by atoms with Crippen LogP contribution in [-0.4, -0.2) is 70.0 Å². The van der Waals surface area contributed by atoms with Crippen LogP contribution in [0, 0.1) is 5.92 Å². The van der Waals surface area contributed by atoms with E-state index in [2.05, 4.69) is 10.6 Å². The van der Waals surface area contributed by atoms with E-state index in [1.54, 1.807) is 31.4 Å². The zero-order valence-electron chi connectivity index (χ0n) is 26.1. The molecule has 3 N–H and O–H groups in total. The van der Waals surface area contributed by atoms with Gasteiger partial charge in [-0.3, -0.25) is 4.79 Å². The molecule has 3 rings (SSSR count). The van der Waals surface area contributed by atoms with Gasteiger partial charge < -0.3 is 30.0 Å². The molecule has 3 atom stereocenters. The average Bonchev–Trinajstić information content (AvgIpc) is 3.02. The zero-order valence-corrected chi connectivity index (χ0v) is 26.9. The molecule has 0 saturated heterocycles. The molecule has 3 aromatic carbocycles. The Kier molecular flexibility index (Phi) is 14.0. The summed E-state index contributed by atoms with van der Waals surface area (Å²) in [5, 5.41) is 17.5. The van der Waals surface area contributed by atoms with Crippen molar-refractivity contribution in [1.82, 2.24) is 10.6 Å². The van der Waals surface area contributed by atoms with Crippen LogP contribution >= 0.6 is 0 Å². The molecular formula is C34H46N2O7S. The summed E-state index contributed by atoms with van der Waals surface area (Å²) in [6.07, 6.45) is -1.17. The van der Waals surface area contributed by atoms with Crippen molar-refractivity contribution in [2.45, 2.75) is 57.9 Å². The molecule has 3 aromatic rings. The first-order valence-electron chi connectivity index (χ1n) is 15.0. The third-order valence-corrected chi connectivity index (χ3v) is 8.93. The van der Waals surface area contributed by atoms with Crippen molar-refractivity contribution >= 4 is 15.7 Å². The van der Waals surface area contributed by atoms with Gasteiger partial charge in [-0.05, 0) is 54.2 Å². The van der Waals surface area contributed by atoms with Crippen LogP contribution in [-0.2, 0) is 27.6 Å². The predicted molar refractivity (Wildman–Crippen MR) is 173 cm³/mol. The third-order valence-electron chi connectivity index (χ3n) is 7.22. The summed E-state index contributed by atoms with van der Waals surface area (Å²) in [4.78, 5) is 13.7. The Bertz CT molecular complexity index is 1400. The van der Waals surface area contributed by atoms with Crippen LogP contribution in [0.4, 0.5) is 0 Å². The molecule has 0 fully saturated rings. The third kappa shape index (κ3) is 12.2. The van der Waals surface area contributed by atoms with E-state index in [-0.39, 0.29) is 30.4 Å². The monoisotopic (exact) mass is 626 g/mol. The van der Waals surface area contributed by atoms with Crippen LogP contribution < -0.4 is 24.8 Å². The number of aliphatic hydroxyl groups excluding tert-OH is 1. The zero-order chi connectivity index (χ0) is 32.0. The van der Waals surface area contributed by atoms with Gasteiger partial charge in [-0.2, -0.15) is 0 Å². The lowest BCUT2D eigenvalue weighted by atomic mass is 10.0. The molecule has 0 radical (unpaired) electrons. The second-order valence-corrected chi connectivity index (χ2v) is 13.6. The Hall–Kier alpha value is -3.60. The Morgan fingerprint density at radius 1 is 0.818 bits per heavy atom. The molecular weight excluding hydrogens is 580 g/mol. The van der Waals surface area contributed by atoms with Crippen LogP contribution in [0.5, 0.6) is 17.2 Å². The summed E-state index contributed by atoms with van der Waals surface area (Å²) in [6.45, 7) is 4.65. The topological polar surface area (TPSA) is 123 Å². The molecule has 10 heteroatoms. The molecule has 0 bridgehead atoms. The van der Waals surface area contributed by atoms with Gasteiger partial charge in [-0.15, -0.1) is 0 Å². The largest absolute Gasteiger partial charge is 0.497 e. The second kappa shape index (κ2) is 17.6. The summed E-state index contributed by atoms with van der Waals surface area (Å²) in [7, 11) is -0.259. The van der Waals surface area contributed by atoms with Crippen LogP contribution in [0.15, 0.2) is 78.9 Å². The highest BCUT2D eigenvalue weighted by Crippen LogP contribution is 2.22. The highest BCUT2D eigenvalue weighted by atomic mass is 32.2. The smallest absolute Gasteiger partial charge is 0.261 e. The lowest BCUT2D eigenvalue weighted by molar-refractivity contribution is -0.129. The van der Waals surface area contributed by atoms with Gasteiger partial charge in [-0.25, -0.2) is 8.42 Å². The van der Waals surface area contributed by atoms with Gasteiger partial charge in [0, 0.05) is 25.6 Å². The van der Waals surface area contributed by atoms with Gasteiger partial charge in [0.1, 0.15) is 27.1 Å². The van der Waals surface area contributed by atoms with Crippen LogP contribution in [0.3, 0.4) is 0 Å². The van der Waals surface area contributed by atoms with E-state index in [9.17, 15) is 18.3 Å². The van der Waals surface area contributed by atoms with Crippen molar-refractivity contribution in [3.63, 3.8) is 0 Å². The number of amides is 1. The number of rotatable bonds is 19. The normalized spacial score (nSPS) is 13.6. The molecule has 0 saturated carbocycles. The lowest BCUT2D eigenvalue weighted by Crippen LogP contribution is -2.52. The minimum Gasteiger partial charge on any atom is -0.497 e. The second-order valence-electron chi connectivity index (χ2n) is 11.3. The molecule has 9 nitrogen and oxygen atoms in total. The van der Waals surface area contributed by atoms with Crippen molar-refractivity contribution in [2.24, 2.45) is 5.92 Å². The number of carbonyl (C=O) groups excluding carboxylic acids is 1. The van der Waals surface area contributed by atoms with Gasteiger partial charge in [0.05, 0.1) is 37.9 Å². The van der Waals surface area contributed by atoms with Crippen molar-refractivity contribution < 1.29 is 32.5 Å². The summed E-state index contributed by atoms with van der Waals surface area (Å²) in [5.74, 6) is 1.26. The lowest BCUT2D eigenvalue weighted by Gasteiger charge is -2.27. The van der Waals surface area contributed by atoms with Gasteiger partial charge in [-0.1, -0.05) is 62.4 Å². The van der Waals surface area contributed by atoms with Crippen molar-refractivity contribution in [3.05, 3.63) is 90.0 Å². The maximum Gasteiger partial charge on any atom is 0.261 e. The van der Waals surface area contributed by atoms with Gasteiger partial charge in [0.2, 0.25) is 0 Å². The molecule has 0 heterocycles. The fourth-order valence-electron chi connectivity index (χ4n) is 4.60. The SMILES string of the molecule is COc1cccc(CNC[C@@H](O)[C@H](Cc2ccccc2)NC(=O)C(CCS(=O)(=O)CCC(C)C)Oc2cccc(OC)c2)c1. The summed E-state index contributed by atoms with van der Waals surface area (Å²) >= 11 is 0. The number of carbonyl (C=O) groups is 1. The fourth-order valence-corrected chi connectivity index (χ4v) is 6.21. The molecule has 0 aliphatic heterocycles. The van der Waals surface area contributed by atoms with Gasteiger partial charge >= 0.3 is 0 Å².